The summed E-state index contributed by atoms with van der Waals surface area (Å²) >= 11 is 0. The van der Waals surface area contributed by atoms with E-state index in [9.17, 15) is 0 Å². The van der Waals surface area contributed by atoms with Crippen molar-refractivity contribution in [3.05, 3.63) is 29.8 Å². The van der Waals surface area contributed by atoms with Gasteiger partial charge in [-0.1, -0.05) is 19.1 Å². The van der Waals surface area contributed by atoms with Gasteiger partial charge >= 0.3 is 0 Å². The van der Waals surface area contributed by atoms with Gasteiger partial charge in [0.15, 0.2) is 0 Å². The number of ether oxygens (including phenoxy) is 1. The molecule has 0 N–H and O–H groups in total. The van der Waals surface area contributed by atoms with E-state index in [2.05, 4.69) is 43.1 Å². The van der Waals surface area contributed by atoms with Crippen LogP contribution in [-0.4, -0.2) is 31.1 Å². The van der Waals surface area contributed by atoms with Crippen LogP contribution < -0.4 is 4.74 Å². The lowest BCUT2D eigenvalue weighted by molar-refractivity contribution is 0.208. The van der Waals surface area contributed by atoms with Gasteiger partial charge in [0.2, 0.25) is 0 Å². The van der Waals surface area contributed by atoms with Gasteiger partial charge in [-0.05, 0) is 37.6 Å². The molecule has 0 amide bonds. The minimum absolute atomic E-state index is 0.377. The van der Waals surface area contributed by atoms with Crippen LogP contribution in [0.2, 0.25) is 0 Å². The molecule has 1 aromatic carbocycles. The normalized spacial score (nSPS) is 21.9. The van der Waals surface area contributed by atoms with Crippen molar-refractivity contribution in [2.24, 2.45) is 0 Å². The Morgan fingerprint density at radius 2 is 2.33 bits per heavy atom. The second-order valence-corrected chi connectivity index (χ2v) is 4.29. The number of likely N-dealkylation sites (tertiary alicyclic amines) is 1. The average Bonchev–Trinajstić information content (AvgIpc) is 2.64. The second-order valence-electron chi connectivity index (χ2n) is 4.29. The highest BCUT2D eigenvalue weighted by atomic mass is 16.5. The van der Waals surface area contributed by atoms with Gasteiger partial charge in [-0.25, -0.2) is 0 Å². The molecule has 2 rings (SSSR count). The predicted octanol–water partition coefficient (Wildman–Crippen LogP) is 2.33. The number of aryl methyl sites for hydroxylation is 1. The third-order valence-corrected chi connectivity index (χ3v) is 2.96. The van der Waals surface area contributed by atoms with Gasteiger partial charge in [0, 0.05) is 13.1 Å². The average molecular weight is 205 g/mol. The van der Waals surface area contributed by atoms with Crippen LogP contribution in [0.15, 0.2) is 24.3 Å². The first-order valence-corrected chi connectivity index (χ1v) is 5.72. The zero-order valence-corrected chi connectivity index (χ0v) is 9.57. The molecular formula is C13H19NO. The van der Waals surface area contributed by atoms with Gasteiger partial charge in [0.25, 0.3) is 0 Å². The molecule has 1 aromatic rings. The molecule has 1 fully saturated rings. The first kappa shape index (κ1) is 10.5. The van der Waals surface area contributed by atoms with Crippen molar-refractivity contribution in [2.45, 2.75) is 25.9 Å². The minimum atomic E-state index is 0.377. The van der Waals surface area contributed by atoms with Crippen molar-refractivity contribution in [2.75, 3.05) is 20.1 Å². The zero-order valence-electron chi connectivity index (χ0n) is 9.57. The fraction of sp³-hybridized carbons (Fsp3) is 0.538. The van der Waals surface area contributed by atoms with Crippen LogP contribution in [-0.2, 0) is 6.42 Å². The monoisotopic (exact) mass is 205 g/mol. The van der Waals surface area contributed by atoms with Crippen LogP contribution in [0.5, 0.6) is 5.75 Å². The van der Waals surface area contributed by atoms with E-state index in [0.29, 0.717) is 6.10 Å². The van der Waals surface area contributed by atoms with E-state index in [1.54, 1.807) is 0 Å². The predicted molar refractivity (Wildman–Crippen MR) is 62.4 cm³/mol. The largest absolute Gasteiger partial charge is 0.489 e. The van der Waals surface area contributed by atoms with E-state index < -0.39 is 0 Å². The van der Waals surface area contributed by atoms with Gasteiger partial charge in [0.1, 0.15) is 11.9 Å². The fourth-order valence-electron chi connectivity index (χ4n) is 2.02. The topological polar surface area (TPSA) is 12.5 Å². The molecule has 0 bridgehead atoms. The fourth-order valence-corrected chi connectivity index (χ4v) is 2.02. The standard InChI is InChI=1S/C13H19NO/c1-3-11-5-4-6-12(9-11)15-13-7-8-14(2)10-13/h4-6,9,13H,3,7-8,10H2,1-2H3. The maximum atomic E-state index is 5.95. The molecule has 2 heteroatoms. The van der Waals surface area contributed by atoms with Crippen LogP contribution >= 0.6 is 0 Å². The second kappa shape index (κ2) is 4.67. The Hall–Kier alpha value is -1.02. The smallest absolute Gasteiger partial charge is 0.120 e. The van der Waals surface area contributed by atoms with E-state index in [1.165, 1.54) is 5.56 Å². The number of benzene rings is 1. The van der Waals surface area contributed by atoms with Crippen molar-refractivity contribution in [3.63, 3.8) is 0 Å². The van der Waals surface area contributed by atoms with Crippen molar-refractivity contribution in [3.8, 4) is 5.75 Å². The maximum Gasteiger partial charge on any atom is 0.120 e. The molecule has 1 aliphatic heterocycles. The van der Waals surface area contributed by atoms with Gasteiger partial charge in [-0.3, -0.25) is 0 Å². The van der Waals surface area contributed by atoms with Crippen LogP contribution in [0.25, 0.3) is 0 Å². The van der Waals surface area contributed by atoms with Gasteiger partial charge in [0.05, 0.1) is 0 Å². The summed E-state index contributed by atoms with van der Waals surface area (Å²) in [6, 6.07) is 8.43. The molecule has 1 unspecified atom stereocenters. The van der Waals surface area contributed by atoms with Crippen molar-refractivity contribution in [1.29, 1.82) is 0 Å². The van der Waals surface area contributed by atoms with Gasteiger partial charge in [-0.15, -0.1) is 0 Å². The van der Waals surface area contributed by atoms with Gasteiger partial charge in [-0.2, -0.15) is 0 Å². The van der Waals surface area contributed by atoms with E-state index in [4.69, 9.17) is 4.74 Å². The molecule has 0 aromatic heterocycles. The Morgan fingerprint density at radius 1 is 1.47 bits per heavy atom. The minimum Gasteiger partial charge on any atom is -0.489 e. The molecule has 1 aliphatic rings. The first-order valence-electron chi connectivity index (χ1n) is 5.72. The van der Waals surface area contributed by atoms with Crippen LogP contribution in [0.1, 0.15) is 18.9 Å². The summed E-state index contributed by atoms with van der Waals surface area (Å²) in [6.45, 7) is 4.37. The molecule has 1 saturated heterocycles. The number of nitrogens with zero attached hydrogens (tertiary/aromatic N) is 1. The summed E-state index contributed by atoms with van der Waals surface area (Å²) in [5.41, 5.74) is 1.35. The molecule has 1 heterocycles. The molecule has 0 spiro atoms. The van der Waals surface area contributed by atoms with Gasteiger partial charge < -0.3 is 9.64 Å². The first-order chi connectivity index (χ1) is 7.28. The Bertz CT molecular complexity index is 324. The number of hydrogen-bond acceptors (Lipinski definition) is 2. The molecule has 1 atom stereocenters. The SMILES string of the molecule is CCc1cccc(OC2CCN(C)C2)c1. The van der Waals surface area contributed by atoms with E-state index >= 15 is 0 Å². The highest BCUT2D eigenvalue weighted by Gasteiger charge is 2.20. The third-order valence-electron chi connectivity index (χ3n) is 2.96. The molecule has 82 valence electrons. The molecular weight excluding hydrogens is 186 g/mol. The summed E-state index contributed by atoms with van der Waals surface area (Å²) in [5, 5.41) is 0. The zero-order chi connectivity index (χ0) is 10.7. The van der Waals surface area contributed by atoms with Crippen LogP contribution in [0.3, 0.4) is 0 Å². The maximum absolute atomic E-state index is 5.95. The molecule has 15 heavy (non-hydrogen) atoms. The van der Waals surface area contributed by atoms with Crippen molar-refractivity contribution < 1.29 is 4.74 Å². The highest BCUT2D eigenvalue weighted by molar-refractivity contribution is 5.28. The summed E-state index contributed by atoms with van der Waals surface area (Å²) in [4.78, 5) is 2.31. The summed E-state index contributed by atoms with van der Waals surface area (Å²) in [6.07, 6.45) is 2.59. The lowest BCUT2D eigenvalue weighted by Crippen LogP contribution is -2.21. The summed E-state index contributed by atoms with van der Waals surface area (Å²) in [7, 11) is 2.14. The molecule has 0 aliphatic carbocycles. The summed E-state index contributed by atoms with van der Waals surface area (Å²) < 4.78 is 5.95. The lowest BCUT2D eigenvalue weighted by Gasteiger charge is -2.14. The number of hydrogen-bond donors (Lipinski definition) is 0. The van der Waals surface area contributed by atoms with E-state index in [0.717, 1.165) is 31.7 Å². The van der Waals surface area contributed by atoms with Crippen LogP contribution in [0, 0.1) is 0 Å². The summed E-state index contributed by atoms with van der Waals surface area (Å²) in [5.74, 6) is 1.02. The molecule has 2 nitrogen and oxygen atoms in total. The van der Waals surface area contributed by atoms with E-state index in [1.807, 2.05) is 0 Å². The van der Waals surface area contributed by atoms with Crippen molar-refractivity contribution >= 4 is 0 Å². The number of likely N-dealkylation sites (N-methyl/N-ethyl adjacent to an activating group) is 1. The molecule has 0 radical (unpaired) electrons. The molecule has 0 saturated carbocycles. The Balaban J connectivity index is 1.98. The van der Waals surface area contributed by atoms with Crippen LogP contribution in [0.4, 0.5) is 0 Å². The third kappa shape index (κ3) is 2.72. The Kier molecular flexibility index (Phi) is 3.27. The quantitative estimate of drug-likeness (QED) is 0.751. The number of rotatable bonds is 3. The Morgan fingerprint density at radius 3 is 3.00 bits per heavy atom. The van der Waals surface area contributed by atoms with Crippen molar-refractivity contribution in [1.82, 2.24) is 4.90 Å². The van der Waals surface area contributed by atoms with E-state index in [-0.39, 0.29) is 0 Å². The lowest BCUT2D eigenvalue weighted by atomic mass is 10.1. The highest BCUT2D eigenvalue weighted by Crippen LogP contribution is 2.19. The Labute approximate surface area is 91.9 Å².